The second-order valence-electron chi connectivity index (χ2n) is 6.80. The fourth-order valence-corrected chi connectivity index (χ4v) is 5.18. The van der Waals surface area contributed by atoms with Crippen LogP contribution in [0, 0.1) is 5.92 Å². The first kappa shape index (κ1) is 17.8. The number of carbonyl (C=O) groups is 3. The van der Waals surface area contributed by atoms with E-state index in [1.165, 1.54) is 28.6 Å². The highest BCUT2D eigenvalue weighted by atomic mass is 32.2. The number of para-hydroxylation sites is 1. The third kappa shape index (κ3) is 2.69. The molecule has 2 aliphatic rings. The molecular formula is C17H20N2O5S. The number of carboxylic acids is 1. The topological polar surface area (TPSA) is 98.2 Å². The van der Waals surface area contributed by atoms with Gasteiger partial charge < -0.3 is 20.0 Å². The average molecular weight is 364 g/mol. The van der Waals surface area contributed by atoms with Crippen LogP contribution in [0.15, 0.2) is 30.3 Å². The van der Waals surface area contributed by atoms with Crippen LogP contribution in [-0.2, 0) is 14.4 Å². The Morgan fingerprint density at radius 3 is 2.44 bits per heavy atom. The van der Waals surface area contributed by atoms with Gasteiger partial charge in [0.1, 0.15) is 18.1 Å². The smallest absolute Gasteiger partial charge is 0.327 e. The number of fused-ring (bicyclic) bond motifs is 1. The van der Waals surface area contributed by atoms with Crippen LogP contribution < -0.4 is 4.90 Å². The first-order valence-corrected chi connectivity index (χ1v) is 8.78. The monoisotopic (exact) mass is 364 g/mol. The number of thioether (sulfide) groups is 1. The highest BCUT2D eigenvalue weighted by Crippen LogP contribution is 2.54. The van der Waals surface area contributed by atoms with Crippen LogP contribution in [0.5, 0.6) is 0 Å². The van der Waals surface area contributed by atoms with Gasteiger partial charge in [0.25, 0.3) is 5.91 Å². The molecule has 1 aromatic rings. The van der Waals surface area contributed by atoms with Crippen molar-refractivity contribution in [1.82, 2.24) is 4.90 Å². The summed E-state index contributed by atoms with van der Waals surface area (Å²) in [6, 6.07) is 7.86. The molecule has 2 saturated heterocycles. The molecule has 1 aromatic carbocycles. The molecule has 0 aliphatic carbocycles. The normalized spacial score (nSPS) is 28.1. The van der Waals surface area contributed by atoms with Gasteiger partial charge in [-0.25, -0.2) is 4.79 Å². The lowest BCUT2D eigenvalue weighted by Gasteiger charge is -2.45. The van der Waals surface area contributed by atoms with E-state index in [1.54, 1.807) is 38.1 Å². The number of aliphatic hydroxyl groups excluding tert-OH is 1. The zero-order valence-corrected chi connectivity index (χ0v) is 14.9. The summed E-state index contributed by atoms with van der Waals surface area (Å²) in [5, 5.41) is 19.4. The molecule has 2 fully saturated rings. The molecule has 2 heterocycles. The Morgan fingerprint density at radius 1 is 1.28 bits per heavy atom. The summed E-state index contributed by atoms with van der Waals surface area (Å²) >= 11 is 1.31. The minimum atomic E-state index is -1.50. The van der Waals surface area contributed by atoms with E-state index in [9.17, 15) is 24.6 Å². The van der Waals surface area contributed by atoms with Gasteiger partial charge in [-0.3, -0.25) is 9.59 Å². The number of aliphatic hydroxyl groups is 1. The Hall–Kier alpha value is -2.06. The first-order valence-electron chi connectivity index (χ1n) is 7.90. The molecule has 0 aromatic heterocycles. The summed E-state index contributed by atoms with van der Waals surface area (Å²) in [6.45, 7) is 3.51. The second-order valence-corrected chi connectivity index (χ2v) is 8.57. The molecule has 0 saturated carbocycles. The zero-order chi connectivity index (χ0) is 18.5. The molecule has 2 aliphatic heterocycles. The van der Waals surface area contributed by atoms with Gasteiger partial charge in [0.2, 0.25) is 5.91 Å². The maximum absolute atomic E-state index is 12.6. The Balaban J connectivity index is 1.79. The summed E-state index contributed by atoms with van der Waals surface area (Å²) in [7, 11) is 1.54. The molecule has 0 bridgehead atoms. The fourth-order valence-electron chi connectivity index (χ4n) is 3.46. The Labute approximate surface area is 149 Å². The van der Waals surface area contributed by atoms with Gasteiger partial charge in [0.05, 0.1) is 5.37 Å². The summed E-state index contributed by atoms with van der Waals surface area (Å²) in [6.07, 6.45) is -1.50. The number of rotatable bonds is 4. The molecule has 25 heavy (non-hydrogen) atoms. The molecule has 3 rings (SSSR count). The number of nitrogens with zero attached hydrogens (tertiary/aromatic N) is 2. The van der Waals surface area contributed by atoms with Gasteiger partial charge in [-0.2, -0.15) is 0 Å². The Morgan fingerprint density at radius 2 is 1.88 bits per heavy atom. The van der Waals surface area contributed by atoms with E-state index >= 15 is 0 Å². The van der Waals surface area contributed by atoms with E-state index in [-0.39, 0.29) is 0 Å². The number of aliphatic carboxylic acids is 1. The lowest BCUT2D eigenvalue weighted by molar-refractivity contribution is -0.170. The van der Waals surface area contributed by atoms with Crippen LogP contribution in [0.2, 0.25) is 0 Å². The van der Waals surface area contributed by atoms with Crippen LogP contribution in [-0.4, -0.2) is 62.2 Å². The molecular weight excluding hydrogens is 344 g/mol. The van der Waals surface area contributed by atoms with Crippen LogP contribution in [0.3, 0.4) is 0 Å². The predicted molar refractivity (Wildman–Crippen MR) is 93.1 cm³/mol. The Kier molecular flexibility index (Phi) is 4.28. The van der Waals surface area contributed by atoms with E-state index in [4.69, 9.17) is 0 Å². The molecule has 0 spiro atoms. The number of hydrogen-bond acceptors (Lipinski definition) is 5. The van der Waals surface area contributed by atoms with Crippen molar-refractivity contribution in [2.75, 3.05) is 11.9 Å². The third-order valence-electron chi connectivity index (χ3n) is 4.78. The SMILES string of the molecule is CN(C(=O)[C@H](O)[C@@H]1C(=O)N2[C@@H]1SC(C)(C)[C@@H]2C(=O)O)c1ccccc1. The minimum absolute atomic E-state index is 0.488. The van der Waals surface area contributed by atoms with E-state index in [1.807, 2.05) is 6.07 Å². The van der Waals surface area contributed by atoms with Crippen LogP contribution in [0.1, 0.15) is 13.8 Å². The number of carbonyl (C=O) groups excluding carboxylic acids is 2. The number of likely N-dealkylation sites (N-methyl/N-ethyl adjacent to an activating group) is 1. The van der Waals surface area contributed by atoms with Gasteiger partial charge in [0, 0.05) is 17.5 Å². The zero-order valence-electron chi connectivity index (χ0n) is 14.1. The fraction of sp³-hybridized carbons (Fsp3) is 0.471. The largest absolute Gasteiger partial charge is 0.480 e. The van der Waals surface area contributed by atoms with Crippen LogP contribution in [0.25, 0.3) is 0 Å². The quantitative estimate of drug-likeness (QED) is 0.766. The average Bonchev–Trinajstić information content (AvgIpc) is 2.82. The predicted octanol–water partition coefficient (Wildman–Crippen LogP) is 0.773. The van der Waals surface area contributed by atoms with Crippen molar-refractivity contribution in [3.05, 3.63) is 30.3 Å². The number of amides is 2. The molecule has 0 unspecified atom stereocenters. The summed E-state index contributed by atoms with van der Waals surface area (Å²) in [4.78, 5) is 39.1. The summed E-state index contributed by atoms with van der Waals surface area (Å²) < 4.78 is -0.686. The maximum atomic E-state index is 12.6. The van der Waals surface area contributed by atoms with Crippen molar-refractivity contribution >= 4 is 35.2 Å². The Bertz CT molecular complexity index is 723. The van der Waals surface area contributed by atoms with Crippen molar-refractivity contribution in [2.45, 2.75) is 36.1 Å². The van der Waals surface area contributed by atoms with E-state index < -0.39 is 46.0 Å². The first-order chi connectivity index (χ1) is 11.7. The lowest BCUT2D eigenvalue weighted by Crippen LogP contribution is -2.67. The molecule has 4 atom stereocenters. The van der Waals surface area contributed by atoms with Gasteiger partial charge in [-0.05, 0) is 26.0 Å². The molecule has 7 nitrogen and oxygen atoms in total. The number of carboxylic acid groups (broad SMARTS) is 1. The summed E-state index contributed by atoms with van der Waals surface area (Å²) in [5.41, 5.74) is 0.609. The highest BCUT2D eigenvalue weighted by molar-refractivity contribution is 8.01. The van der Waals surface area contributed by atoms with Crippen LogP contribution >= 0.6 is 11.8 Å². The molecule has 134 valence electrons. The molecule has 2 amide bonds. The van der Waals surface area contributed by atoms with Crippen molar-refractivity contribution in [2.24, 2.45) is 5.92 Å². The van der Waals surface area contributed by atoms with Gasteiger partial charge in [0.15, 0.2) is 0 Å². The van der Waals surface area contributed by atoms with E-state index in [0.717, 1.165) is 0 Å². The number of β-lactam (4-membered cyclic amide) rings is 1. The van der Waals surface area contributed by atoms with Crippen LogP contribution in [0.4, 0.5) is 5.69 Å². The van der Waals surface area contributed by atoms with E-state index in [2.05, 4.69) is 0 Å². The third-order valence-corrected chi connectivity index (χ3v) is 6.38. The molecule has 0 radical (unpaired) electrons. The molecule has 2 N–H and O–H groups in total. The van der Waals surface area contributed by atoms with Gasteiger partial charge in [-0.15, -0.1) is 11.8 Å². The number of hydrogen-bond donors (Lipinski definition) is 2. The summed E-state index contributed by atoms with van der Waals surface area (Å²) in [5.74, 6) is -3.07. The van der Waals surface area contributed by atoms with Gasteiger partial charge in [-0.1, -0.05) is 18.2 Å². The number of benzene rings is 1. The van der Waals surface area contributed by atoms with Crippen molar-refractivity contribution in [3.8, 4) is 0 Å². The standard InChI is InChI=1S/C17H20N2O5S/c1-17(2)12(16(23)24)19-13(21)10(15(19)25-17)11(20)14(22)18(3)9-7-5-4-6-8-9/h4-8,10-12,15,20H,1-3H3,(H,23,24)/t10-,11-,12+,15-/m1/s1. The van der Waals surface area contributed by atoms with Crippen molar-refractivity contribution in [3.63, 3.8) is 0 Å². The minimum Gasteiger partial charge on any atom is -0.480 e. The molecule has 8 heteroatoms. The van der Waals surface area contributed by atoms with Gasteiger partial charge >= 0.3 is 5.97 Å². The van der Waals surface area contributed by atoms with Crippen molar-refractivity contribution in [1.29, 1.82) is 0 Å². The van der Waals surface area contributed by atoms with Crippen molar-refractivity contribution < 1.29 is 24.6 Å². The number of anilines is 1. The second kappa shape index (κ2) is 6.03. The highest BCUT2D eigenvalue weighted by Gasteiger charge is 2.66. The lowest BCUT2D eigenvalue weighted by atomic mass is 9.87. The van der Waals surface area contributed by atoms with E-state index in [0.29, 0.717) is 5.69 Å². The maximum Gasteiger partial charge on any atom is 0.327 e.